The molecule has 1 aromatic heterocycles. The number of ether oxygens (including phenoxy) is 1. The van der Waals surface area contributed by atoms with Gasteiger partial charge in [0, 0.05) is 17.3 Å². The van der Waals surface area contributed by atoms with E-state index < -0.39 is 0 Å². The largest absolute Gasteiger partial charge is 0.482 e. The average molecular weight is 414 g/mol. The summed E-state index contributed by atoms with van der Waals surface area (Å²) < 4.78 is 8.27. The molecule has 2 aromatic carbocycles. The zero-order valence-electron chi connectivity index (χ0n) is 16.4. The van der Waals surface area contributed by atoms with Crippen LogP contribution in [0.25, 0.3) is 0 Å². The molecule has 1 heterocycles. The van der Waals surface area contributed by atoms with E-state index in [0.29, 0.717) is 6.54 Å². The molecule has 0 aliphatic rings. The molecule has 0 aliphatic carbocycles. The summed E-state index contributed by atoms with van der Waals surface area (Å²) in [5, 5.41) is 10.4. The molecule has 0 N–H and O–H groups in total. The normalized spacial score (nSPS) is 12.0. The molecule has 3 aromatic rings. The van der Waals surface area contributed by atoms with Crippen molar-refractivity contribution >= 4 is 23.4 Å². The van der Waals surface area contributed by atoms with Crippen molar-refractivity contribution in [3.05, 3.63) is 82.7 Å². The monoisotopic (exact) mass is 413 g/mol. The fourth-order valence-corrected chi connectivity index (χ4v) is 3.87. The van der Waals surface area contributed by atoms with Crippen molar-refractivity contribution in [1.82, 2.24) is 14.8 Å². The fourth-order valence-electron chi connectivity index (χ4n) is 2.83. The molecular weight excluding hydrogens is 390 g/mol. The number of rotatable bonds is 8. The predicted molar refractivity (Wildman–Crippen MR) is 116 cm³/mol. The van der Waals surface area contributed by atoms with E-state index >= 15 is 0 Å². The minimum Gasteiger partial charge on any atom is -0.482 e. The van der Waals surface area contributed by atoms with Crippen molar-refractivity contribution in [3.8, 4) is 5.75 Å². The Hall–Kier alpha value is -2.24. The van der Waals surface area contributed by atoms with Crippen LogP contribution in [0, 0.1) is 13.8 Å². The Bertz CT molecular complexity index is 953. The molecule has 0 fully saturated rings. The average Bonchev–Trinajstić information content (AvgIpc) is 3.08. The summed E-state index contributed by atoms with van der Waals surface area (Å²) >= 11 is 7.60. The summed E-state index contributed by atoms with van der Waals surface area (Å²) in [6, 6.07) is 13.9. The molecule has 0 saturated carbocycles. The number of allylic oxidation sites excluding steroid dienone is 1. The van der Waals surface area contributed by atoms with Gasteiger partial charge in [0.05, 0.1) is 0 Å². The quantitative estimate of drug-likeness (QED) is 0.327. The molecule has 0 amide bonds. The first-order chi connectivity index (χ1) is 13.5. The summed E-state index contributed by atoms with van der Waals surface area (Å²) in [5.41, 5.74) is 3.53. The molecule has 28 heavy (non-hydrogen) atoms. The van der Waals surface area contributed by atoms with Crippen molar-refractivity contribution in [2.45, 2.75) is 44.3 Å². The highest BCUT2D eigenvalue weighted by Gasteiger charge is 2.20. The number of thioether (sulfide) groups is 1. The first-order valence-electron chi connectivity index (χ1n) is 9.13. The molecule has 0 radical (unpaired) electrons. The van der Waals surface area contributed by atoms with E-state index in [4.69, 9.17) is 16.3 Å². The van der Waals surface area contributed by atoms with Gasteiger partial charge in [-0.2, -0.15) is 0 Å². The Morgan fingerprint density at radius 2 is 1.93 bits per heavy atom. The van der Waals surface area contributed by atoms with Crippen LogP contribution in [0.3, 0.4) is 0 Å². The summed E-state index contributed by atoms with van der Waals surface area (Å²) in [6.45, 7) is 10.7. The van der Waals surface area contributed by atoms with Gasteiger partial charge in [-0.05, 0) is 55.7 Å². The lowest BCUT2D eigenvalue weighted by molar-refractivity contribution is 0.209. The van der Waals surface area contributed by atoms with Crippen LogP contribution < -0.4 is 4.74 Å². The van der Waals surface area contributed by atoms with Crippen molar-refractivity contribution in [3.63, 3.8) is 0 Å². The van der Waals surface area contributed by atoms with Crippen LogP contribution in [-0.4, -0.2) is 14.8 Å². The van der Waals surface area contributed by atoms with E-state index in [1.54, 1.807) is 11.8 Å². The molecule has 0 bridgehead atoms. The third-order valence-corrected chi connectivity index (χ3v) is 5.85. The topological polar surface area (TPSA) is 39.9 Å². The summed E-state index contributed by atoms with van der Waals surface area (Å²) in [5.74, 6) is 2.45. The van der Waals surface area contributed by atoms with Gasteiger partial charge in [-0.3, -0.25) is 4.57 Å². The Morgan fingerprint density at radius 1 is 1.18 bits per heavy atom. The van der Waals surface area contributed by atoms with Gasteiger partial charge in [0.1, 0.15) is 5.75 Å². The van der Waals surface area contributed by atoms with Gasteiger partial charge in [0.25, 0.3) is 0 Å². The number of hydrogen-bond acceptors (Lipinski definition) is 4. The Balaban J connectivity index is 1.78. The molecule has 0 aliphatic heterocycles. The van der Waals surface area contributed by atoms with E-state index in [9.17, 15) is 0 Å². The van der Waals surface area contributed by atoms with E-state index in [1.807, 2.05) is 49.4 Å². The molecular formula is C22H24ClN3OS. The van der Waals surface area contributed by atoms with E-state index in [2.05, 4.69) is 41.3 Å². The molecule has 6 heteroatoms. The standard InChI is InChI=1S/C22H24ClN3OS/c1-5-13-26-21(17(4)27-20-8-6-7-15(2)16(20)3)24-25-22(26)28-14-18-9-11-19(23)12-10-18/h5-12,17H,1,13-14H2,2-4H3. The first kappa shape index (κ1) is 20.5. The predicted octanol–water partition coefficient (Wildman–Crippen LogP) is 6.17. The number of nitrogens with zero attached hydrogens (tertiary/aromatic N) is 3. The summed E-state index contributed by atoms with van der Waals surface area (Å²) in [6.07, 6.45) is 1.63. The van der Waals surface area contributed by atoms with Crippen LogP contribution in [0.15, 0.2) is 60.3 Å². The van der Waals surface area contributed by atoms with Crippen LogP contribution in [0.5, 0.6) is 5.75 Å². The van der Waals surface area contributed by atoms with E-state index in [-0.39, 0.29) is 6.10 Å². The molecule has 4 nitrogen and oxygen atoms in total. The SMILES string of the molecule is C=CCn1c(SCc2ccc(Cl)cc2)nnc1C(C)Oc1cccc(C)c1C. The lowest BCUT2D eigenvalue weighted by Crippen LogP contribution is -2.12. The Kier molecular flexibility index (Phi) is 6.81. The lowest BCUT2D eigenvalue weighted by atomic mass is 10.1. The van der Waals surface area contributed by atoms with Gasteiger partial charge in [-0.25, -0.2) is 0 Å². The molecule has 1 unspecified atom stereocenters. The lowest BCUT2D eigenvalue weighted by Gasteiger charge is -2.18. The van der Waals surface area contributed by atoms with Gasteiger partial charge in [0.2, 0.25) is 0 Å². The Labute approximate surface area is 175 Å². The number of halogens is 1. The minimum atomic E-state index is -0.224. The summed E-state index contributed by atoms with van der Waals surface area (Å²) in [7, 11) is 0. The molecule has 146 valence electrons. The van der Waals surface area contributed by atoms with Crippen molar-refractivity contribution in [2.75, 3.05) is 0 Å². The second-order valence-corrected chi connectivity index (χ2v) is 7.99. The molecule has 0 saturated heterocycles. The van der Waals surface area contributed by atoms with Gasteiger partial charge >= 0.3 is 0 Å². The second-order valence-electron chi connectivity index (χ2n) is 6.61. The third-order valence-electron chi connectivity index (χ3n) is 4.56. The van der Waals surface area contributed by atoms with Crippen LogP contribution >= 0.6 is 23.4 Å². The van der Waals surface area contributed by atoms with Gasteiger partial charge < -0.3 is 4.74 Å². The third kappa shape index (κ3) is 4.78. The fraction of sp³-hybridized carbons (Fsp3) is 0.273. The van der Waals surface area contributed by atoms with Crippen LogP contribution in [0.1, 0.15) is 35.5 Å². The second kappa shape index (κ2) is 9.30. The van der Waals surface area contributed by atoms with Crippen molar-refractivity contribution in [1.29, 1.82) is 0 Å². The van der Waals surface area contributed by atoms with Crippen molar-refractivity contribution in [2.24, 2.45) is 0 Å². The van der Waals surface area contributed by atoms with Crippen molar-refractivity contribution < 1.29 is 4.74 Å². The van der Waals surface area contributed by atoms with Gasteiger partial charge in [-0.1, -0.05) is 53.7 Å². The highest BCUT2D eigenvalue weighted by atomic mass is 35.5. The van der Waals surface area contributed by atoms with Crippen LogP contribution in [0.2, 0.25) is 5.02 Å². The number of aryl methyl sites for hydroxylation is 1. The van der Waals surface area contributed by atoms with Gasteiger partial charge in [0.15, 0.2) is 17.1 Å². The van der Waals surface area contributed by atoms with Gasteiger partial charge in [-0.15, -0.1) is 16.8 Å². The zero-order chi connectivity index (χ0) is 20.1. The smallest absolute Gasteiger partial charge is 0.191 e. The number of aromatic nitrogens is 3. The maximum absolute atomic E-state index is 6.21. The molecule has 1 atom stereocenters. The molecule has 0 spiro atoms. The van der Waals surface area contributed by atoms with Crippen LogP contribution in [-0.2, 0) is 12.3 Å². The van der Waals surface area contributed by atoms with E-state index in [1.165, 1.54) is 11.1 Å². The highest BCUT2D eigenvalue weighted by Crippen LogP contribution is 2.29. The first-order valence-corrected chi connectivity index (χ1v) is 10.5. The van der Waals surface area contributed by atoms with E-state index in [0.717, 1.165) is 33.1 Å². The summed E-state index contributed by atoms with van der Waals surface area (Å²) in [4.78, 5) is 0. The maximum Gasteiger partial charge on any atom is 0.191 e. The minimum absolute atomic E-state index is 0.224. The zero-order valence-corrected chi connectivity index (χ0v) is 17.9. The Morgan fingerprint density at radius 3 is 2.64 bits per heavy atom. The maximum atomic E-state index is 6.21. The van der Waals surface area contributed by atoms with Crippen LogP contribution in [0.4, 0.5) is 0 Å². The molecule has 3 rings (SSSR count). The highest BCUT2D eigenvalue weighted by molar-refractivity contribution is 7.98. The number of hydrogen-bond donors (Lipinski definition) is 0. The number of benzene rings is 2.